The molecule has 0 aliphatic heterocycles. The first-order valence-electron chi connectivity index (χ1n) is 5.29. The van der Waals surface area contributed by atoms with Crippen molar-refractivity contribution < 1.29 is 8.78 Å². The number of hydrogen-bond acceptors (Lipinski definition) is 2. The van der Waals surface area contributed by atoms with Crippen LogP contribution < -0.4 is 11.3 Å². The summed E-state index contributed by atoms with van der Waals surface area (Å²) in [5.41, 5.74) is 3.03. The van der Waals surface area contributed by atoms with Gasteiger partial charge in [0.15, 0.2) is 0 Å². The van der Waals surface area contributed by atoms with E-state index in [0.717, 1.165) is 0 Å². The van der Waals surface area contributed by atoms with Gasteiger partial charge in [0, 0.05) is 5.56 Å². The van der Waals surface area contributed by atoms with Crippen LogP contribution in [0.4, 0.5) is 8.78 Å². The molecule has 5 heteroatoms. The van der Waals surface area contributed by atoms with E-state index in [1.54, 1.807) is 24.3 Å². The normalized spacial score (nSPS) is 12.4. The maximum atomic E-state index is 14.0. The van der Waals surface area contributed by atoms with Gasteiger partial charge in [0.2, 0.25) is 0 Å². The summed E-state index contributed by atoms with van der Waals surface area (Å²) >= 11 is 3.04. The average molecular weight is 313 g/mol. The maximum absolute atomic E-state index is 14.0. The number of nitrogens with two attached hydrogens (primary N) is 1. The van der Waals surface area contributed by atoms with Crippen LogP contribution in [0.1, 0.15) is 17.2 Å². The Morgan fingerprint density at radius 1 is 1.06 bits per heavy atom. The molecule has 1 atom stereocenters. The second-order valence-electron chi connectivity index (χ2n) is 3.77. The number of benzene rings is 2. The van der Waals surface area contributed by atoms with E-state index >= 15 is 0 Å². The van der Waals surface area contributed by atoms with E-state index in [2.05, 4.69) is 21.4 Å². The van der Waals surface area contributed by atoms with Crippen LogP contribution >= 0.6 is 15.9 Å². The largest absolute Gasteiger partial charge is 0.271 e. The van der Waals surface area contributed by atoms with Crippen molar-refractivity contribution in [2.24, 2.45) is 5.84 Å². The highest BCUT2D eigenvalue weighted by Gasteiger charge is 2.22. The molecule has 94 valence electrons. The summed E-state index contributed by atoms with van der Waals surface area (Å²) in [4.78, 5) is 0. The lowest BCUT2D eigenvalue weighted by molar-refractivity contribution is 0.507. The summed E-state index contributed by atoms with van der Waals surface area (Å²) in [6.07, 6.45) is 0. The third kappa shape index (κ3) is 2.43. The van der Waals surface area contributed by atoms with Crippen LogP contribution in [0.3, 0.4) is 0 Å². The third-order valence-electron chi connectivity index (χ3n) is 2.67. The molecule has 18 heavy (non-hydrogen) atoms. The van der Waals surface area contributed by atoms with E-state index < -0.39 is 17.7 Å². The van der Waals surface area contributed by atoms with Crippen molar-refractivity contribution >= 4 is 15.9 Å². The minimum Gasteiger partial charge on any atom is -0.271 e. The minimum atomic E-state index is -0.733. The van der Waals surface area contributed by atoms with Gasteiger partial charge in [-0.2, -0.15) is 0 Å². The minimum absolute atomic E-state index is 0.0990. The van der Waals surface area contributed by atoms with Gasteiger partial charge in [0.05, 0.1) is 10.5 Å². The summed E-state index contributed by atoms with van der Waals surface area (Å²) in [6, 6.07) is 10.7. The fourth-order valence-electron chi connectivity index (χ4n) is 1.80. The Kier molecular flexibility index (Phi) is 4.06. The number of halogens is 3. The van der Waals surface area contributed by atoms with E-state index in [4.69, 9.17) is 5.84 Å². The first kappa shape index (κ1) is 13.1. The van der Waals surface area contributed by atoms with Crippen molar-refractivity contribution in [3.8, 4) is 0 Å². The molecule has 0 amide bonds. The summed E-state index contributed by atoms with van der Waals surface area (Å²) in [5.74, 6) is 4.14. The van der Waals surface area contributed by atoms with Gasteiger partial charge in [0.1, 0.15) is 11.6 Å². The van der Waals surface area contributed by atoms with Gasteiger partial charge in [-0.25, -0.2) is 14.2 Å². The van der Waals surface area contributed by atoms with Crippen molar-refractivity contribution in [3.05, 3.63) is 69.7 Å². The van der Waals surface area contributed by atoms with E-state index in [0.29, 0.717) is 5.56 Å². The number of hydrazine groups is 1. The lowest BCUT2D eigenvalue weighted by Crippen LogP contribution is -2.30. The van der Waals surface area contributed by atoms with Gasteiger partial charge in [-0.05, 0) is 33.6 Å². The maximum Gasteiger partial charge on any atom is 0.145 e. The predicted molar refractivity (Wildman–Crippen MR) is 69.7 cm³/mol. The van der Waals surface area contributed by atoms with Gasteiger partial charge >= 0.3 is 0 Å². The first-order valence-corrected chi connectivity index (χ1v) is 6.09. The Morgan fingerprint density at radius 3 is 2.33 bits per heavy atom. The number of hydrogen-bond donors (Lipinski definition) is 2. The molecule has 0 spiro atoms. The quantitative estimate of drug-likeness (QED) is 0.518. The van der Waals surface area contributed by atoms with Crippen LogP contribution in [0.25, 0.3) is 0 Å². The van der Waals surface area contributed by atoms with Gasteiger partial charge in [-0.15, -0.1) is 0 Å². The molecule has 0 saturated heterocycles. The monoisotopic (exact) mass is 312 g/mol. The zero-order valence-electron chi connectivity index (χ0n) is 9.33. The Balaban J connectivity index is 2.56. The third-order valence-corrected chi connectivity index (χ3v) is 3.28. The molecule has 1 unspecified atom stereocenters. The molecule has 2 rings (SSSR count). The van der Waals surface area contributed by atoms with E-state index in [1.165, 1.54) is 12.1 Å². The van der Waals surface area contributed by atoms with Crippen molar-refractivity contribution in [2.75, 3.05) is 0 Å². The zero-order valence-corrected chi connectivity index (χ0v) is 10.9. The first-order chi connectivity index (χ1) is 8.65. The fraction of sp³-hybridized carbons (Fsp3) is 0.0769. The molecule has 0 radical (unpaired) electrons. The molecule has 3 N–H and O–H groups in total. The lowest BCUT2D eigenvalue weighted by Gasteiger charge is -2.18. The van der Waals surface area contributed by atoms with Gasteiger partial charge < -0.3 is 0 Å². The second-order valence-corrected chi connectivity index (χ2v) is 4.62. The van der Waals surface area contributed by atoms with Crippen LogP contribution in [0.5, 0.6) is 0 Å². The zero-order chi connectivity index (χ0) is 13.1. The Labute approximate surface area is 112 Å². The number of rotatable bonds is 3. The van der Waals surface area contributed by atoms with Gasteiger partial charge in [-0.3, -0.25) is 5.84 Å². The molecular weight excluding hydrogens is 302 g/mol. The standard InChI is InChI=1S/C13H11BrF2N2/c14-9-6-7-10(15)11(12(9)16)13(18-17)8-4-2-1-3-5-8/h1-7,13,18H,17H2. The van der Waals surface area contributed by atoms with Crippen LogP contribution in [0.2, 0.25) is 0 Å². The van der Waals surface area contributed by atoms with Gasteiger partial charge in [0.25, 0.3) is 0 Å². The Hall–Kier alpha value is -1.30. The van der Waals surface area contributed by atoms with Crippen molar-refractivity contribution in [1.29, 1.82) is 0 Å². The molecule has 0 heterocycles. The van der Waals surface area contributed by atoms with Crippen molar-refractivity contribution in [2.45, 2.75) is 6.04 Å². The molecule has 2 nitrogen and oxygen atoms in total. The van der Waals surface area contributed by atoms with E-state index in [1.807, 2.05) is 6.07 Å². The fourth-order valence-corrected chi connectivity index (χ4v) is 2.14. The molecule has 0 aliphatic rings. The van der Waals surface area contributed by atoms with Crippen molar-refractivity contribution in [1.82, 2.24) is 5.43 Å². The van der Waals surface area contributed by atoms with Crippen LogP contribution in [0.15, 0.2) is 46.9 Å². The number of nitrogens with one attached hydrogen (secondary N) is 1. The predicted octanol–water partition coefficient (Wildman–Crippen LogP) is 3.28. The molecule has 2 aromatic carbocycles. The average Bonchev–Trinajstić information content (AvgIpc) is 2.40. The molecular formula is C13H11BrF2N2. The smallest absolute Gasteiger partial charge is 0.145 e. The van der Waals surface area contributed by atoms with Crippen molar-refractivity contribution in [3.63, 3.8) is 0 Å². The highest BCUT2D eigenvalue weighted by molar-refractivity contribution is 9.10. The highest BCUT2D eigenvalue weighted by atomic mass is 79.9. The molecule has 0 aromatic heterocycles. The summed E-state index contributed by atoms with van der Waals surface area (Å²) < 4.78 is 28.0. The summed E-state index contributed by atoms with van der Waals surface area (Å²) in [6.45, 7) is 0. The second kappa shape index (κ2) is 5.56. The molecule has 0 aliphatic carbocycles. The van der Waals surface area contributed by atoms with E-state index in [9.17, 15) is 8.78 Å². The van der Waals surface area contributed by atoms with E-state index in [-0.39, 0.29) is 10.0 Å². The SMILES string of the molecule is NNC(c1ccccc1)c1c(F)ccc(Br)c1F. The molecule has 0 bridgehead atoms. The topological polar surface area (TPSA) is 38.0 Å². The lowest BCUT2D eigenvalue weighted by atomic mass is 9.98. The molecule has 0 fully saturated rings. The molecule has 0 saturated carbocycles. The Morgan fingerprint density at radius 2 is 1.72 bits per heavy atom. The van der Waals surface area contributed by atoms with Crippen LogP contribution in [0, 0.1) is 11.6 Å². The van der Waals surface area contributed by atoms with Crippen LogP contribution in [-0.2, 0) is 0 Å². The highest BCUT2D eigenvalue weighted by Crippen LogP contribution is 2.30. The molecule has 2 aromatic rings. The van der Waals surface area contributed by atoms with Gasteiger partial charge in [-0.1, -0.05) is 30.3 Å². The van der Waals surface area contributed by atoms with Crippen LogP contribution in [-0.4, -0.2) is 0 Å². The Bertz CT molecular complexity index is 546. The summed E-state index contributed by atoms with van der Waals surface area (Å²) in [7, 11) is 0. The summed E-state index contributed by atoms with van der Waals surface area (Å²) in [5, 5.41) is 0.